The van der Waals surface area contributed by atoms with Crippen LogP contribution in [-0.4, -0.2) is 35.9 Å². The molecule has 0 saturated heterocycles. The van der Waals surface area contributed by atoms with Crippen LogP contribution in [0.25, 0.3) is 0 Å². The van der Waals surface area contributed by atoms with E-state index >= 15 is 0 Å². The molecule has 0 aliphatic carbocycles. The summed E-state index contributed by atoms with van der Waals surface area (Å²) in [5.74, 6) is 0.487. The number of primary amides is 1. The molecule has 1 heterocycles. The van der Waals surface area contributed by atoms with Gasteiger partial charge in [0, 0.05) is 43.3 Å². The summed E-state index contributed by atoms with van der Waals surface area (Å²) in [6.45, 7) is 1.50. The smallest absolute Gasteiger partial charge is 0.254 e. The van der Waals surface area contributed by atoms with Gasteiger partial charge in [0.25, 0.3) is 5.91 Å². The maximum Gasteiger partial charge on any atom is 0.254 e. The lowest BCUT2D eigenvalue weighted by Crippen LogP contribution is -2.22. The predicted octanol–water partition coefficient (Wildman–Crippen LogP) is 3.05. The summed E-state index contributed by atoms with van der Waals surface area (Å²) >= 11 is 0. The minimum absolute atomic E-state index is 0.0608. The Bertz CT molecular complexity index is 1070. The lowest BCUT2D eigenvalue weighted by atomic mass is 10.2. The number of carbonyl (C=O) groups is 2. The van der Waals surface area contributed by atoms with E-state index in [1.165, 1.54) is 18.0 Å². The Morgan fingerprint density at radius 2 is 1.80 bits per heavy atom. The maximum atomic E-state index is 11.8. The average Bonchev–Trinajstić information content (AvgIpc) is 2.74. The number of nitrogens with zero attached hydrogens (tertiary/aromatic N) is 3. The molecule has 0 fully saturated rings. The Morgan fingerprint density at radius 1 is 1.07 bits per heavy atom. The van der Waals surface area contributed by atoms with Gasteiger partial charge in [0.15, 0.2) is 0 Å². The molecule has 9 heteroatoms. The van der Waals surface area contributed by atoms with Gasteiger partial charge in [-0.15, -0.1) is 0 Å². The Morgan fingerprint density at radius 3 is 2.43 bits per heavy atom. The fourth-order valence-corrected chi connectivity index (χ4v) is 2.63. The highest BCUT2D eigenvalue weighted by molar-refractivity contribution is 5.98. The summed E-state index contributed by atoms with van der Waals surface area (Å²) in [5, 5.41) is 6.15. The van der Waals surface area contributed by atoms with Gasteiger partial charge in [-0.25, -0.2) is 4.98 Å². The van der Waals surface area contributed by atoms with Crippen molar-refractivity contribution in [2.75, 3.05) is 29.7 Å². The van der Waals surface area contributed by atoms with E-state index in [-0.39, 0.29) is 23.2 Å². The van der Waals surface area contributed by atoms with Gasteiger partial charge >= 0.3 is 0 Å². The van der Waals surface area contributed by atoms with Crippen molar-refractivity contribution in [1.82, 2.24) is 9.97 Å². The third-order valence-electron chi connectivity index (χ3n) is 4.37. The molecule has 0 atom stereocenters. The van der Waals surface area contributed by atoms with E-state index in [4.69, 9.17) is 10.5 Å². The molecule has 30 heavy (non-hydrogen) atoms. The Labute approximate surface area is 173 Å². The Kier molecular flexibility index (Phi) is 6.11. The fourth-order valence-electron chi connectivity index (χ4n) is 2.63. The molecule has 0 aliphatic heterocycles. The van der Waals surface area contributed by atoms with Gasteiger partial charge in [-0.1, -0.05) is 6.07 Å². The largest absolute Gasteiger partial charge is 0.497 e. The van der Waals surface area contributed by atoms with E-state index in [9.17, 15) is 9.59 Å². The van der Waals surface area contributed by atoms with Crippen molar-refractivity contribution >= 4 is 40.6 Å². The molecule has 154 valence electrons. The van der Waals surface area contributed by atoms with E-state index in [0.29, 0.717) is 11.4 Å². The van der Waals surface area contributed by atoms with Crippen LogP contribution in [0.1, 0.15) is 17.3 Å². The van der Waals surface area contributed by atoms with Gasteiger partial charge in [0.05, 0.1) is 7.11 Å². The second-order valence-corrected chi connectivity index (χ2v) is 6.43. The van der Waals surface area contributed by atoms with E-state index < -0.39 is 5.91 Å². The van der Waals surface area contributed by atoms with Crippen molar-refractivity contribution in [2.24, 2.45) is 5.73 Å². The number of carbonyl (C=O) groups excluding carboxylic acids is 2. The van der Waals surface area contributed by atoms with Crippen molar-refractivity contribution in [3.05, 3.63) is 60.3 Å². The van der Waals surface area contributed by atoms with E-state index in [0.717, 1.165) is 11.4 Å². The van der Waals surface area contributed by atoms with Crippen molar-refractivity contribution in [1.29, 1.82) is 0 Å². The zero-order valence-corrected chi connectivity index (χ0v) is 16.8. The topological polar surface area (TPSA) is 122 Å². The number of benzene rings is 2. The molecule has 0 radical (unpaired) electrons. The summed E-state index contributed by atoms with van der Waals surface area (Å²) in [4.78, 5) is 33.3. The summed E-state index contributed by atoms with van der Waals surface area (Å²) in [5.41, 5.74) is 7.77. The summed E-state index contributed by atoms with van der Waals surface area (Å²) in [7, 11) is 3.27. The van der Waals surface area contributed by atoms with E-state index in [1.807, 2.05) is 12.1 Å². The van der Waals surface area contributed by atoms with Crippen LogP contribution in [0.2, 0.25) is 0 Å². The first kappa shape index (κ1) is 20.6. The highest BCUT2D eigenvalue weighted by Crippen LogP contribution is 2.24. The summed E-state index contributed by atoms with van der Waals surface area (Å²) < 4.78 is 5.21. The molecule has 0 aliphatic rings. The Hall–Kier alpha value is -4.14. The van der Waals surface area contributed by atoms with Crippen LogP contribution in [-0.2, 0) is 4.79 Å². The van der Waals surface area contributed by atoms with Gasteiger partial charge in [-0.05, 0) is 36.4 Å². The first-order chi connectivity index (χ1) is 14.4. The number of methoxy groups -OCH3 is 1. The predicted molar refractivity (Wildman–Crippen MR) is 116 cm³/mol. The normalized spacial score (nSPS) is 10.2. The van der Waals surface area contributed by atoms with Crippen LogP contribution in [0, 0.1) is 0 Å². The first-order valence-corrected chi connectivity index (χ1v) is 9.06. The number of hydrogen-bond acceptors (Lipinski definition) is 7. The SMILES string of the molecule is COc1cccc(Nc2nc(Nc3ccc(N(C)C(C)=O)cc3)ncc2C(N)=O)c1. The summed E-state index contributed by atoms with van der Waals surface area (Å²) in [6, 6.07) is 14.4. The number of amides is 2. The van der Waals surface area contributed by atoms with Crippen molar-refractivity contribution < 1.29 is 14.3 Å². The van der Waals surface area contributed by atoms with Crippen LogP contribution in [0.4, 0.5) is 28.8 Å². The van der Waals surface area contributed by atoms with Crippen LogP contribution in [0.15, 0.2) is 54.7 Å². The number of anilines is 5. The zero-order valence-electron chi connectivity index (χ0n) is 16.8. The molecular weight excluding hydrogens is 384 g/mol. The average molecular weight is 406 g/mol. The molecule has 0 bridgehead atoms. The van der Waals surface area contributed by atoms with Gasteiger partial charge in [0.1, 0.15) is 17.1 Å². The molecule has 3 rings (SSSR count). The quantitative estimate of drug-likeness (QED) is 0.551. The van der Waals surface area contributed by atoms with E-state index in [2.05, 4.69) is 20.6 Å². The van der Waals surface area contributed by atoms with Crippen LogP contribution in [0.5, 0.6) is 5.75 Å². The fraction of sp³-hybridized carbons (Fsp3) is 0.143. The third-order valence-corrected chi connectivity index (χ3v) is 4.37. The van der Waals surface area contributed by atoms with E-state index in [1.54, 1.807) is 50.6 Å². The number of aromatic nitrogens is 2. The van der Waals surface area contributed by atoms with Gasteiger partial charge in [-0.2, -0.15) is 4.98 Å². The Balaban J connectivity index is 1.85. The van der Waals surface area contributed by atoms with Crippen molar-refractivity contribution in [3.8, 4) is 5.75 Å². The van der Waals surface area contributed by atoms with Gasteiger partial charge < -0.3 is 26.0 Å². The molecule has 2 aromatic carbocycles. The van der Waals surface area contributed by atoms with Gasteiger partial charge in [0.2, 0.25) is 11.9 Å². The number of hydrogen-bond donors (Lipinski definition) is 3. The number of ether oxygens (including phenoxy) is 1. The van der Waals surface area contributed by atoms with Crippen LogP contribution >= 0.6 is 0 Å². The third kappa shape index (κ3) is 4.82. The molecule has 0 saturated carbocycles. The molecular formula is C21H22N6O3. The highest BCUT2D eigenvalue weighted by Gasteiger charge is 2.13. The lowest BCUT2D eigenvalue weighted by Gasteiger charge is -2.15. The highest BCUT2D eigenvalue weighted by atomic mass is 16.5. The molecule has 2 amide bonds. The molecule has 0 unspecified atom stereocenters. The molecule has 0 spiro atoms. The molecule has 3 aromatic rings. The minimum atomic E-state index is -0.649. The summed E-state index contributed by atoms with van der Waals surface area (Å²) in [6.07, 6.45) is 1.36. The molecule has 1 aromatic heterocycles. The number of nitrogens with one attached hydrogen (secondary N) is 2. The lowest BCUT2D eigenvalue weighted by molar-refractivity contribution is -0.116. The first-order valence-electron chi connectivity index (χ1n) is 9.06. The number of nitrogens with two attached hydrogens (primary N) is 1. The standard InChI is InChI=1S/C21H22N6O3/c1-13(28)27(2)16-9-7-14(8-10-16)25-21-23-12-18(19(22)29)20(26-21)24-15-5-4-6-17(11-15)30-3/h4-12H,1-3H3,(H2,22,29)(H2,23,24,25,26). The molecule has 4 N–H and O–H groups in total. The minimum Gasteiger partial charge on any atom is -0.497 e. The zero-order chi connectivity index (χ0) is 21.7. The van der Waals surface area contributed by atoms with Crippen LogP contribution < -0.4 is 26.0 Å². The maximum absolute atomic E-state index is 11.8. The molecule has 9 nitrogen and oxygen atoms in total. The number of rotatable bonds is 7. The van der Waals surface area contributed by atoms with Crippen molar-refractivity contribution in [3.63, 3.8) is 0 Å². The van der Waals surface area contributed by atoms with Crippen LogP contribution in [0.3, 0.4) is 0 Å². The van der Waals surface area contributed by atoms with Gasteiger partial charge in [-0.3, -0.25) is 9.59 Å². The van der Waals surface area contributed by atoms with Crippen molar-refractivity contribution in [2.45, 2.75) is 6.92 Å². The second kappa shape index (κ2) is 8.91. The second-order valence-electron chi connectivity index (χ2n) is 6.43. The monoisotopic (exact) mass is 406 g/mol.